The Balaban J connectivity index is 0.00000144. The number of hydrogen-bond acceptors (Lipinski definition) is 4. The third kappa shape index (κ3) is 4.52. The van der Waals surface area contributed by atoms with Crippen LogP contribution in [0.2, 0.25) is 0 Å². The van der Waals surface area contributed by atoms with Crippen LogP contribution in [0.4, 0.5) is 5.82 Å². The second kappa shape index (κ2) is 9.44. The monoisotopic (exact) mass is 374 g/mol. The summed E-state index contributed by atoms with van der Waals surface area (Å²) in [5, 5.41) is 6.69. The number of aromatic nitrogens is 1. The van der Waals surface area contributed by atoms with Crippen molar-refractivity contribution in [3.8, 4) is 0 Å². The van der Waals surface area contributed by atoms with Gasteiger partial charge in [-0.2, -0.15) is 0 Å². The number of hydrogen-bond donors (Lipinski definition) is 2. The zero-order chi connectivity index (χ0) is 15.4. The fourth-order valence-corrected chi connectivity index (χ4v) is 3.58. The molecule has 1 amide bonds. The molecule has 0 aromatic carbocycles. The summed E-state index contributed by atoms with van der Waals surface area (Å²) in [5.74, 6) is 1.23. The van der Waals surface area contributed by atoms with Gasteiger partial charge in [0.1, 0.15) is 5.82 Å². The maximum Gasteiger partial charge on any atom is 0.240 e. The van der Waals surface area contributed by atoms with Crippen LogP contribution in [0.1, 0.15) is 39.0 Å². The van der Waals surface area contributed by atoms with Gasteiger partial charge in [-0.1, -0.05) is 13.0 Å². The third-order valence-corrected chi connectivity index (χ3v) is 5.09. The molecule has 0 spiro atoms. The molecular weight excluding hydrogens is 347 g/mol. The van der Waals surface area contributed by atoms with Gasteiger partial charge in [-0.05, 0) is 50.8 Å². The standard InChI is InChI=1S/C17H26N4O.2ClH/c1-2-17(9-5-11-19-17)16(22)20-14-7-12-21(13-8-14)15-6-3-4-10-18-15;;/h3-4,6,10,14,19H,2,5,7-9,11-13H2,1H3,(H,20,22);2*1H. The number of anilines is 1. The van der Waals surface area contributed by atoms with Crippen molar-refractivity contribution in [2.75, 3.05) is 24.5 Å². The first kappa shape index (κ1) is 21.0. The van der Waals surface area contributed by atoms with Gasteiger partial charge in [-0.3, -0.25) is 4.79 Å². The van der Waals surface area contributed by atoms with Crippen molar-refractivity contribution in [3.63, 3.8) is 0 Å². The molecule has 1 atom stereocenters. The predicted octanol–water partition coefficient (Wildman–Crippen LogP) is 2.54. The van der Waals surface area contributed by atoms with E-state index in [2.05, 4.69) is 27.4 Å². The minimum atomic E-state index is -0.321. The summed E-state index contributed by atoms with van der Waals surface area (Å²) < 4.78 is 0. The molecule has 0 aliphatic carbocycles. The molecule has 1 aromatic rings. The summed E-state index contributed by atoms with van der Waals surface area (Å²) in [6, 6.07) is 6.30. The van der Waals surface area contributed by atoms with E-state index in [0.29, 0.717) is 6.04 Å². The molecule has 2 saturated heterocycles. The van der Waals surface area contributed by atoms with E-state index >= 15 is 0 Å². The van der Waals surface area contributed by atoms with E-state index in [9.17, 15) is 4.79 Å². The van der Waals surface area contributed by atoms with Crippen molar-refractivity contribution in [2.24, 2.45) is 0 Å². The normalized spacial score (nSPS) is 24.0. The molecule has 2 fully saturated rings. The van der Waals surface area contributed by atoms with E-state index in [4.69, 9.17) is 0 Å². The van der Waals surface area contributed by atoms with Gasteiger partial charge in [0.25, 0.3) is 0 Å². The van der Waals surface area contributed by atoms with Gasteiger partial charge in [0.15, 0.2) is 0 Å². The lowest BCUT2D eigenvalue weighted by molar-refractivity contribution is -0.128. The van der Waals surface area contributed by atoms with Crippen LogP contribution in [-0.4, -0.2) is 42.1 Å². The molecule has 0 bridgehead atoms. The molecule has 0 radical (unpaired) electrons. The Morgan fingerprint density at radius 1 is 1.38 bits per heavy atom. The number of pyridine rings is 1. The Hall–Kier alpha value is -1.04. The molecule has 24 heavy (non-hydrogen) atoms. The largest absolute Gasteiger partial charge is 0.356 e. The van der Waals surface area contributed by atoms with Gasteiger partial charge in [0.2, 0.25) is 5.91 Å². The van der Waals surface area contributed by atoms with Crippen molar-refractivity contribution >= 4 is 36.5 Å². The zero-order valence-electron chi connectivity index (χ0n) is 14.2. The molecule has 3 heterocycles. The first-order chi connectivity index (χ1) is 10.7. The van der Waals surface area contributed by atoms with Crippen LogP contribution in [0.25, 0.3) is 0 Å². The van der Waals surface area contributed by atoms with E-state index in [1.807, 2.05) is 24.4 Å². The molecule has 1 unspecified atom stereocenters. The van der Waals surface area contributed by atoms with Crippen LogP contribution in [0, 0.1) is 0 Å². The predicted molar refractivity (Wildman–Crippen MR) is 102 cm³/mol. The molecule has 1 aromatic heterocycles. The van der Waals surface area contributed by atoms with Gasteiger partial charge < -0.3 is 15.5 Å². The van der Waals surface area contributed by atoms with Crippen molar-refractivity contribution in [1.29, 1.82) is 0 Å². The average molecular weight is 375 g/mol. The molecule has 3 rings (SSSR count). The summed E-state index contributed by atoms with van der Waals surface area (Å²) in [4.78, 5) is 19.3. The highest BCUT2D eigenvalue weighted by Crippen LogP contribution is 2.24. The Morgan fingerprint density at radius 3 is 2.67 bits per heavy atom. The number of carbonyl (C=O) groups is 1. The molecule has 0 saturated carbocycles. The number of halogens is 2. The van der Waals surface area contributed by atoms with E-state index in [1.54, 1.807) is 0 Å². The Kier molecular flexibility index (Phi) is 8.27. The fourth-order valence-electron chi connectivity index (χ4n) is 3.58. The topological polar surface area (TPSA) is 57.3 Å². The number of rotatable bonds is 4. The van der Waals surface area contributed by atoms with Gasteiger partial charge >= 0.3 is 0 Å². The van der Waals surface area contributed by atoms with Crippen LogP contribution in [-0.2, 0) is 4.79 Å². The maximum absolute atomic E-state index is 12.6. The molecular formula is C17H28Cl2N4O. The maximum atomic E-state index is 12.6. The van der Waals surface area contributed by atoms with Gasteiger partial charge in [-0.25, -0.2) is 4.98 Å². The third-order valence-electron chi connectivity index (χ3n) is 5.09. The van der Waals surface area contributed by atoms with E-state index in [-0.39, 0.29) is 36.3 Å². The van der Waals surface area contributed by atoms with Crippen LogP contribution < -0.4 is 15.5 Å². The lowest BCUT2D eigenvalue weighted by Crippen LogP contribution is -2.56. The summed E-state index contributed by atoms with van der Waals surface area (Å²) in [5.41, 5.74) is -0.321. The summed E-state index contributed by atoms with van der Waals surface area (Å²) in [6.07, 6.45) is 6.73. The number of carbonyl (C=O) groups excluding carboxylic acids is 1. The number of nitrogens with zero attached hydrogens (tertiary/aromatic N) is 2. The van der Waals surface area contributed by atoms with Crippen molar-refractivity contribution in [1.82, 2.24) is 15.6 Å². The zero-order valence-corrected chi connectivity index (χ0v) is 15.8. The number of amides is 1. The highest BCUT2D eigenvalue weighted by atomic mass is 35.5. The van der Waals surface area contributed by atoms with Crippen molar-refractivity contribution in [2.45, 2.75) is 50.6 Å². The first-order valence-corrected chi connectivity index (χ1v) is 8.45. The summed E-state index contributed by atoms with van der Waals surface area (Å²) in [7, 11) is 0. The highest BCUT2D eigenvalue weighted by Gasteiger charge is 2.40. The van der Waals surface area contributed by atoms with Gasteiger partial charge in [0.05, 0.1) is 5.54 Å². The Labute approximate surface area is 156 Å². The lowest BCUT2D eigenvalue weighted by atomic mass is 9.92. The molecule has 2 N–H and O–H groups in total. The lowest BCUT2D eigenvalue weighted by Gasteiger charge is -2.35. The molecule has 136 valence electrons. The molecule has 5 nitrogen and oxygen atoms in total. The number of piperidine rings is 1. The second-order valence-corrected chi connectivity index (χ2v) is 6.39. The van der Waals surface area contributed by atoms with Gasteiger partial charge in [-0.15, -0.1) is 24.8 Å². The Bertz CT molecular complexity index is 501. The summed E-state index contributed by atoms with van der Waals surface area (Å²) >= 11 is 0. The minimum absolute atomic E-state index is 0. The van der Waals surface area contributed by atoms with Crippen LogP contribution in [0.5, 0.6) is 0 Å². The smallest absolute Gasteiger partial charge is 0.240 e. The molecule has 2 aliphatic rings. The molecule has 7 heteroatoms. The minimum Gasteiger partial charge on any atom is -0.356 e. The van der Waals surface area contributed by atoms with E-state index < -0.39 is 0 Å². The SMILES string of the molecule is CCC1(C(=O)NC2CCN(c3ccccn3)CC2)CCCN1.Cl.Cl. The summed E-state index contributed by atoms with van der Waals surface area (Å²) in [6.45, 7) is 4.96. The van der Waals surface area contributed by atoms with E-state index in [0.717, 1.165) is 57.6 Å². The van der Waals surface area contributed by atoms with Crippen LogP contribution >= 0.6 is 24.8 Å². The van der Waals surface area contributed by atoms with Crippen LogP contribution in [0.3, 0.4) is 0 Å². The fraction of sp³-hybridized carbons (Fsp3) is 0.647. The van der Waals surface area contributed by atoms with Crippen molar-refractivity contribution in [3.05, 3.63) is 24.4 Å². The first-order valence-electron chi connectivity index (χ1n) is 8.45. The molecule has 2 aliphatic heterocycles. The quantitative estimate of drug-likeness (QED) is 0.849. The van der Waals surface area contributed by atoms with Crippen molar-refractivity contribution < 1.29 is 4.79 Å². The van der Waals surface area contributed by atoms with Gasteiger partial charge in [0, 0.05) is 25.3 Å². The van der Waals surface area contributed by atoms with Crippen LogP contribution in [0.15, 0.2) is 24.4 Å². The average Bonchev–Trinajstić information content (AvgIpc) is 3.07. The number of nitrogens with one attached hydrogen (secondary N) is 2. The Morgan fingerprint density at radius 2 is 2.12 bits per heavy atom. The second-order valence-electron chi connectivity index (χ2n) is 6.39. The highest BCUT2D eigenvalue weighted by molar-refractivity contribution is 5.87. The van der Waals surface area contributed by atoms with E-state index in [1.165, 1.54) is 0 Å².